The molecule has 3 rings (SSSR count). The molecule has 0 radical (unpaired) electrons. The number of hydrogen-bond acceptors (Lipinski definition) is 4. The molecule has 3 amide bonds. The minimum atomic E-state index is -0.545. The van der Waals surface area contributed by atoms with Gasteiger partial charge in [0, 0.05) is 12.1 Å². The molecule has 1 aliphatic rings. The third-order valence-electron chi connectivity index (χ3n) is 4.43. The van der Waals surface area contributed by atoms with Crippen LogP contribution in [0.5, 0.6) is 0 Å². The summed E-state index contributed by atoms with van der Waals surface area (Å²) in [6.45, 7) is 4.36. The SMILES string of the molecule is CC(C)CCN1C(=O)c2ccc(C(=O)Nc3cc(F)ccc3N)cc2C1=O. The Hall–Kier alpha value is -3.22. The number of hydrogen-bond donors (Lipinski definition) is 2. The number of rotatable bonds is 5. The van der Waals surface area contributed by atoms with Gasteiger partial charge in [0.25, 0.3) is 17.7 Å². The van der Waals surface area contributed by atoms with Crippen LogP contribution in [0.25, 0.3) is 0 Å². The lowest BCUT2D eigenvalue weighted by molar-refractivity contribution is 0.0647. The maximum absolute atomic E-state index is 13.4. The molecule has 2 aromatic carbocycles. The van der Waals surface area contributed by atoms with E-state index in [-0.39, 0.29) is 34.0 Å². The molecule has 6 nitrogen and oxygen atoms in total. The predicted molar refractivity (Wildman–Crippen MR) is 100 cm³/mol. The first-order valence-corrected chi connectivity index (χ1v) is 8.64. The van der Waals surface area contributed by atoms with Crippen molar-refractivity contribution in [2.24, 2.45) is 5.92 Å². The fourth-order valence-corrected chi connectivity index (χ4v) is 2.85. The van der Waals surface area contributed by atoms with Crippen LogP contribution in [0, 0.1) is 11.7 Å². The molecule has 0 bridgehead atoms. The van der Waals surface area contributed by atoms with Gasteiger partial charge in [-0.3, -0.25) is 19.3 Å². The zero-order valence-corrected chi connectivity index (χ0v) is 15.1. The van der Waals surface area contributed by atoms with E-state index in [4.69, 9.17) is 5.73 Å². The summed E-state index contributed by atoms with van der Waals surface area (Å²) in [4.78, 5) is 38.6. The maximum atomic E-state index is 13.4. The van der Waals surface area contributed by atoms with Gasteiger partial charge in [-0.2, -0.15) is 0 Å². The first kappa shape index (κ1) is 18.6. The molecule has 140 valence electrons. The third-order valence-corrected chi connectivity index (χ3v) is 4.43. The number of nitrogens with one attached hydrogen (secondary N) is 1. The van der Waals surface area contributed by atoms with Crippen molar-refractivity contribution in [3.8, 4) is 0 Å². The van der Waals surface area contributed by atoms with Crippen molar-refractivity contribution < 1.29 is 18.8 Å². The van der Waals surface area contributed by atoms with Crippen LogP contribution in [0.3, 0.4) is 0 Å². The molecule has 0 saturated carbocycles. The number of imide groups is 1. The normalized spacial score (nSPS) is 13.3. The van der Waals surface area contributed by atoms with Crippen LogP contribution >= 0.6 is 0 Å². The van der Waals surface area contributed by atoms with E-state index in [9.17, 15) is 18.8 Å². The van der Waals surface area contributed by atoms with Crippen LogP contribution < -0.4 is 11.1 Å². The highest BCUT2D eigenvalue weighted by Gasteiger charge is 2.35. The topological polar surface area (TPSA) is 92.5 Å². The molecule has 0 atom stereocenters. The van der Waals surface area contributed by atoms with E-state index >= 15 is 0 Å². The van der Waals surface area contributed by atoms with Gasteiger partial charge >= 0.3 is 0 Å². The summed E-state index contributed by atoms with van der Waals surface area (Å²) in [6.07, 6.45) is 0.706. The molecular weight excluding hydrogens is 349 g/mol. The van der Waals surface area contributed by atoms with Crippen LogP contribution in [0.4, 0.5) is 15.8 Å². The van der Waals surface area contributed by atoms with Gasteiger partial charge in [0.05, 0.1) is 22.5 Å². The lowest BCUT2D eigenvalue weighted by Gasteiger charge is -2.14. The van der Waals surface area contributed by atoms with E-state index in [1.165, 1.54) is 35.2 Å². The molecule has 1 aliphatic heterocycles. The highest BCUT2D eigenvalue weighted by Crippen LogP contribution is 2.26. The van der Waals surface area contributed by atoms with Crippen molar-refractivity contribution in [2.45, 2.75) is 20.3 Å². The monoisotopic (exact) mass is 369 g/mol. The quantitative estimate of drug-likeness (QED) is 0.625. The van der Waals surface area contributed by atoms with E-state index in [0.717, 1.165) is 6.07 Å². The number of carbonyl (C=O) groups is 3. The summed E-state index contributed by atoms with van der Waals surface area (Å²) in [7, 11) is 0. The van der Waals surface area contributed by atoms with Crippen molar-refractivity contribution >= 4 is 29.1 Å². The Bertz CT molecular complexity index is 940. The minimum Gasteiger partial charge on any atom is -0.397 e. The van der Waals surface area contributed by atoms with Crippen molar-refractivity contribution in [1.82, 2.24) is 4.90 Å². The van der Waals surface area contributed by atoms with Crippen LogP contribution in [0.1, 0.15) is 51.3 Å². The molecule has 1 heterocycles. The second-order valence-electron chi connectivity index (χ2n) is 6.89. The molecule has 7 heteroatoms. The average molecular weight is 369 g/mol. The molecular formula is C20H20FN3O3. The first-order chi connectivity index (χ1) is 12.8. The van der Waals surface area contributed by atoms with Crippen LogP contribution in [0.2, 0.25) is 0 Å². The Kier molecular flexibility index (Phi) is 4.94. The summed E-state index contributed by atoms with van der Waals surface area (Å²) in [5.74, 6) is -1.48. The standard InChI is InChI=1S/C20H20FN3O3/c1-11(2)7-8-24-19(26)14-5-3-12(9-15(14)20(24)27)18(25)23-17-10-13(21)4-6-16(17)22/h3-6,9-11H,7-8,22H2,1-2H3,(H,23,25). The molecule has 2 aromatic rings. The third kappa shape index (κ3) is 3.67. The number of amides is 3. The van der Waals surface area contributed by atoms with Gasteiger partial charge in [0.15, 0.2) is 0 Å². The summed E-state index contributed by atoms with van der Waals surface area (Å²) < 4.78 is 13.4. The second kappa shape index (κ2) is 7.19. The number of carbonyl (C=O) groups excluding carboxylic acids is 3. The molecule has 27 heavy (non-hydrogen) atoms. The maximum Gasteiger partial charge on any atom is 0.261 e. The summed E-state index contributed by atoms with van der Waals surface area (Å²) in [6, 6.07) is 7.97. The summed E-state index contributed by atoms with van der Waals surface area (Å²) in [5.41, 5.74) is 6.76. The highest BCUT2D eigenvalue weighted by atomic mass is 19.1. The lowest BCUT2D eigenvalue weighted by Crippen LogP contribution is -2.31. The van der Waals surface area contributed by atoms with E-state index in [1.54, 1.807) is 0 Å². The number of anilines is 2. The van der Waals surface area contributed by atoms with Gasteiger partial charge in [-0.25, -0.2) is 4.39 Å². The van der Waals surface area contributed by atoms with Crippen molar-refractivity contribution in [1.29, 1.82) is 0 Å². The summed E-state index contributed by atoms with van der Waals surface area (Å²) in [5, 5.41) is 2.52. The molecule has 0 saturated heterocycles. The van der Waals surface area contributed by atoms with Gasteiger partial charge in [-0.1, -0.05) is 13.8 Å². The van der Waals surface area contributed by atoms with Crippen molar-refractivity contribution in [2.75, 3.05) is 17.6 Å². The Morgan fingerprint density at radius 3 is 2.52 bits per heavy atom. The molecule has 0 spiro atoms. The highest BCUT2D eigenvalue weighted by molar-refractivity contribution is 6.22. The molecule has 0 aromatic heterocycles. The zero-order chi connectivity index (χ0) is 19.7. The number of fused-ring (bicyclic) bond motifs is 1. The Labute approximate surface area is 156 Å². The smallest absolute Gasteiger partial charge is 0.261 e. The number of benzene rings is 2. The van der Waals surface area contributed by atoms with Gasteiger partial charge in [0.1, 0.15) is 5.82 Å². The van der Waals surface area contributed by atoms with Gasteiger partial charge in [0.2, 0.25) is 0 Å². The fraction of sp³-hybridized carbons (Fsp3) is 0.250. The first-order valence-electron chi connectivity index (χ1n) is 8.64. The molecule has 0 unspecified atom stereocenters. The number of halogens is 1. The fourth-order valence-electron chi connectivity index (χ4n) is 2.85. The second-order valence-corrected chi connectivity index (χ2v) is 6.89. The minimum absolute atomic E-state index is 0.140. The lowest BCUT2D eigenvalue weighted by atomic mass is 10.1. The van der Waals surface area contributed by atoms with Crippen LogP contribution in [-0.2, 0) is 0 Å². The van der Waals surface area contributed by atoms with Crippen LogP contribution in [-0.4, -0.2) is 29.2 Å². The van der Waals surface area contributed by atoms with Crippen LogP contribution in [0.15, 0.2) is 36.4 Å². The summed E-state index contributed by atoms with van der Waals surface area (Å²) >= 11 is 0. The van der Waals surface area contributed by atoms with E-state index in [1.807, 2.05) is 13.8 Å². The Balaban J connectivity index is 1.83. The van der Waals surface area contributed by atoms with Gasteiger partial charge in [-0.15, -0.1) is 0 Å². The molecule has 0 aliphatic carbocycles. The van der Waals surface area contributed by atoms with Crippen molar-refractivity contribution in [3.63, 3.8) is 0 Å². The van der Waals surface area contributed by atoms with Crippen molar-refractivity contribution in [3.05, 3.63) is 58.9 Å². The zero-order valence-electron chi connectivity index (χ0n) is 15.1. The predicted octanol–water partition coefficient (Wildman–Crippen LogP) is 3.30. The van der Waals surface area contributed by atoms with E-state index in [0.29, 0.717) is 18.9 Å². The number of nitrogen functional groups attached to an aromatic ring is 1. The van der Waals surface area contributed by atoms with Gasteiger partial charge < -0.3 is 11.1 Å². The van der Waals surface area contributed by atoms with E-state index < -0.39 is 17.6 Å². The Morgan fingerprint density at radius 1 is 1.11 bits per heavy atom. The number of nitrogens with two attached hydrogens (primary N) is 1. The Morgan fingerprint density at radius 2 is 1.81 bits per heavy atom. The number of nitrogens with zero attached hydrogens (tertiary/aromatic N) is 1. The van der Waals surface area contributed by atoms with E-state index in [2.05, 4.69) is 5.32 Å². The largest absolute Gasteiger partial charge is 0.397 e. The van der Waals surface area contributed by atoms with Gasteiger partial charge in [-0.05, 0) is 48.7 Å². The molecule has 3 N–H and O–H groups in total. The average Bonchev–Trinajstić information content (AvgIpc) is 2.86. The molecule has 0 fully saturated rings.